The maximum Gasteiger partial charge on any atom is 0.229 e. The summed E-state index contributed by atoms with van der Waals surface area (Å²) >= 11 is 2.98. The lowest BCUT2D eigenvalue weighted by Gasteiger charge is -2.00. The molecule has 0 amide bonds. The number of hydrogen-bond acceptors (Lipinski definition) is 2. The molecular weight excluding hydrogens is 256 g/mol. The Morgan fingerprint density at radius 2 is 1.80 bits per heavy atom. The number of aryl methyl sites for hydroxylation is 1. The molecule has 0 heterocycles. The van der Waals surface area contributed by atoms with Gasteiger partial charge in [-0.2, -0.15) is 0 Å². The molecule has 0 aliphatic rings. The van der Waals surface area contributed by atoms with Crippen molar-refractivity contribution in [3.8, 4) is 0 Å². The lowest BCUT2D eigenvalue weighted by molar-refractivity contribution is -0.112. The van der Waals surface area contributed by atoms with Crippen LogP contribution in [0.4, 0.5) is 0 Å². The number of halogens is 1. The van der Waals surface area contributed by atoms with Gasteiger partial charge in [0.2, 0.25) is 11.6 Å². The lowest BCUT2D eigenvalue weighted by Crippen LogP contribution is -2.14. The lowest BCUT2D eigenvalue weighted by atomic mass is 10.0. The molecule has 0 fully saturated rings. The number of carbonyl (C=O) groups is 2. The Balaban J connectivity index is 2.80. The molecule has 0 N–H and O–H groups in total. The first-order chi connectivity index (χ1) is 7.19. The molecule has 0 bridgehead atoms. The molecule has 0 saturated heterocycles. The average Bonchev–Trinajstić information content (AvgIpc) is 2.28. The van der Waals surface area contributed by atoms with Crippen LogP contribution in [0.25, 0.3) is 0 Å². The second-order valence-corrected chi connectivity index (χ2v) is 3.89. The van der Waals surface area contributed by atoms with Crippen LogP contribution in [0.3, 0.4) is 0 Å². The van der Waals surface area contributed by atoms with E-state index in [0.717, 1.165) is 12.8 Å². The predicted octanol–water partition coefficient (Wildman–Crippen LogP) is 2.79. The predicted molar refractivity (Wildman–Crippen MR) is 63.6 cm³/mol. The van der Waals surface area contributed by atoms with Gasteiger partial charge in [0.1, 0.15) is 0 Å². The Hall–Kier alpha value is -0.960. The molecule has 80 valence electrons. The number of benzene rings is 1. The van der Waals surface area contributed by atoms with Crippen molar-refractivity contribution in [2.24, 2.45) is 0 Å². The van der Waals surface area contributed by atoms with Gasteiger partial charge in [0.15, 0.2) is 0 Å². The number of alkyl halides is 1. The first kappa shape index (κ1) is 12.1. The molecule has 0 spiro atoms. The smallest absolute Gasteiger partial charge is 0.229 e. The molecule has 3 heteroatoms. The normalized spacial score (nSPS) is 10.0. The van der Waals surface area contributed by atoms with E-state index in [2.05, 4.69) is 22.9 Å². The van der Waals surface area contributed by atoms with Gasteiger partial charge >= 0.3 is 0 Å². The minimum atomic E-state index is -0.421. The van der Waals surface area contributed by atoms with Gasteiger partial charge in [-0.15, -0.1) is 0 Å². The number of hydrogen-bond donors (Lipinski definition) is 0. The molecule has 1 aromatic rings. The van der Waals surface area contributed by atoms with Crippen LogP contribution in [0, 0.1) is 0 Å². The van der Waals surface area contributed by atoms with E-state index in [1.54, 1.807) is 12.1 Å². The summed E-state index contributed by atoms with van der Waals surface area (Å²) in [6.07, 6.45) is 2.08. The van der Waals surface area contributed by atoms with Crippen molar-refractivity contribution in [1.29, 1.82) is 0 Å². The number of ketones is 2. The first-order valence-corrected chi connectivity index (χ1v) is 6.03. The van der Waals surface area contributed by atoms with E-state index < -0.39 is 11.6 Å². The quantitative estimate of drug-likeness (QED) is 0.468. The van der Waals surface area contributed by atoms with Gasteiger partial charge in [0.05, 0.1) is 5.33 Å². The highest BCUT2D eigenvalue weighted by molar-refractivity contribution is 9.09. The Morgan fingerprint density at radius 3 is 2.27 bits per heavy atom. The second-order valence-electron chi connectivity index (χ2n) is 3.33. The summed E-state index contributed by atoms with van der Waals surface area (Å²) in [7, 11) is 0. The summed E-state index contributed by atoms with van der Waals surface area (Å²) in [5, 5.41) is 0.0859. The SMILES string of the molecule is CCCc1ccc(C(=O)C(=O)CBr)cc1. The minimum absolute atomic E-state index is 0.0859. The molecule has 0 unspecified atom stereocenters. The van der Waals surface area contributed by atoms with Gasteiger partial charge in [-0.25, -0.2) is 0 Å². The van der Waals surface area contributed by atoms with Crippen LogP contribution in [0.2, 0.25) is 0 Å². The third-order valence-corrected chi connectivity index (χ3v) is 2.64. The standard InChI is InChI=1S/C12H13BrO2/c1-2-3-9-4-6-10(7-5-9)12(15)11(14)8-13/h4-7H,2-3,8H2,1H3. The van der Waals surface area contributed by atoms with Crippen LogP contribution in [0.1, 0.15) is 29.3 Å². The maximum atomic E-state index is 11.5. The van der Waals surface area contributed by atoms with E-state index >= 15 is 0 Å². The summed E-state index contributed by atoms with van der Waals surface area (Å²) in [4.78, 5) is 22.6. The molecule has 0 atom stereocenters. The van der Waals surface area contributed by atoms with Crippen molar-refractivity contribution >= 4 is 27.5 Å². The second kappa shape index (κ2) is 5.81. The van der Waals surface area contributed by atoms with Crippen molar-refractivity contribution in [3.05, 3.63) is 35.4 Å². The van der Waals surface area contributed by atoms with Crippen LogP contribution < -0.4 is 0 Å². The van der Waals surface area contributed by atoms with E-state index in [1.165, 1.54) is 5.56 Å². The highest BCUT2D eigenvalue weighted by Crippen LogP contribution is 2.08. The van der Waals surface area contributed by atoms with E-state index in [0.29, 0.717) is 5.56 Å². The Labute approximate surface area is 97.8 Å². The Morgan fingerprint density at radius 1 is 1.20 bits per heavy atom. The van der Waals surface area contributed by atoms with E-state index in [4.69, 9.17) is 0 Å². The maximum absolute atomic E-state index is 11.5. The van der Waals surface area contributed by atoms with Gasteiger partial charge in [0, 0.05) is 5.56 Å². The molecule has 0 radical (unpaired) electrons. The van der Waals surface area contributed by atoms with Crippen molar-refractivity contribution in [2.45, 2.75) is 19.8 Å². The fourth-order valence-electron chi connectivity index (χ4n) is 1.33. The molecule has 0 saturated carbocycles. The Bertz CT molecular complexity index is 354. The number of rotatable bonds is 5. The van der Waals surface area contributed by atoms with Gasteiger partial charge in [0.25, 0.3) is 0 Å². The molecule has 1 aromatic carbocycles. The van der Waals surface area contributed by atoms with Crippen LogP contribution in [0.5, 0.6) is 0 Å². The summed E-state index contributed by atoms with van der Waals surface area (Å²) in [5.74, 6) is -0.826. The third-order valence-electron chi connectivity index (χ3n) is 2.13. The molecule has 0 aliphatic carbocycles. The minimum Gasteiger partial charge on any atom is -0.290 e. The van der Waals surface area contributed by atoms with Crippen molar-refractivity contribution < 1.29 is 9.59 Å². The van der Waals surface area contributed by atoms with Crippen LogP contribution >= 0.6 is 15.9 Å². The summed E-state index contributed by atoms with van der Waals surface area (Å²) < 4.78 is 0. The van der Waals surface area contributed by atoms with Crippen LogP contribution in [-0.4, -0.2) is 16.9 Å². The highest BCUT2D eigenvalue weighted by atomic mass is 79.9. The zero-order valence-electron chi connectivity index (χ0n) is 8.63. The number of carbonyl (C=O) groups excluding carboxylic acids is 2. The topological polar surface area (TPSA) is 34.1 Å². The highest BCUT2D eigenvalue weighted by Gasteiger charge is 2.13. The van der Waals surface area contributed by atoms with Crippen molar-refractivity contribution in [3.63, 3.8) is 0 Å². The monoisotopic (exact) mass is 268 g/mol. The summed E-state index contributed by atoms with van der Waals surface area (Å²) in [6.45, 7) is 2.10. The Kier molecular flexibility index (Phi) is 4.69. The average molecular weight is 269 g/mol. The van der Waals surface area contributed by atoms with Gasteiger partial charge in [-0.05, 0) is 12.0 Å². The molecular formula is C12H13BrO2. The largest absolute Gasteiger partial charge is 0.290 e. The summed E-state index contributed by atoms with van der Waals surface area (Å²) in [6, 6.07) is 7.23. The van der Waals surface area contributed by atoms with Gasteiger partial charge in [-0.3, -0.25) is 9.59 Å². The molecule has 0 aromatic heterocycles. The zero-order valence-corrected chi connectivity index (χ0v) is 10.2. The van der Waals surface area contributed by atoms with Crippen LogP contribution in [0.15, 0.2) is 24.3 Å². The summed E-state index contributed by atoms with van der Waals surface area (Å²) in [5.41, 5.74) is 1.67. The molecule has 0 aliphatic heterocycles. The van der Waals surface area contributed by atoms with Crippen molar-refractivity contribution in [1.82, 2.24) is 0 Å². The van der Waals surface area contributed by atoms with Crippen LogP contribution in [-0.2, 0) is 11.2 Å². The number of Topliss-reactive ketones (excluding diaryl/α,β-unsaturated/α-hetero) is 2. The molecule has 1 rings (SSSR count). The van der Waals surface area contributed by atoms with Gasteiger partial charge in [-0.1, -0.05) is 53.5 Å². The van der Waals surface area contributed by atoms with E-state index in [9.17, 15) is 9.59 Å². The third kappa shape index (κ3) is 3.27. The molecule has 15 heavy (non-hydrogen) atoms. The fraction of sp³-hybridized carbons (Fsp3) is 0.333. The van der Waals surface area contributed by atoms with Gasteiger partial charge < -0.3 is 0 Å². The molecule has 2 nitrogen and oxygen atoms in total. The van der Waals surface area contributed by atoms with Crippen molar-refractivity contribution in [2.75, 3.05) is 5.33 Å². The van der Waals surface area contributed by atoms with E-state index in [-0.39, 0.29) is 5.33 Å². The first-order valence-electron chi connectivity index (χ1n) is 4.91. The fourth-order valence-corrected chi connectivity index (χ4v) is 1.59. The zero-order chi connectivity index (χ0) is 11.3. The van der Waals surface area contributed by atoms with E-state index in [1.807, 2.05) is 12.1 Å².